The Morgan fingerprint density at radius 1 is 1.16 bits per heavy atom. The molecule has 0 unspecified atom stereocenters. The zero-order valence-electron chi connectivity index (χ0n) is 10.9. The summed E-state index contributed by atoms with van der Waals surface area (Å²) in [6.45, 7) is 4.20. The van der Waals surface area contributed by atoms with Crippen molar-refractivity contribution in [3.05, 3.63) is 44.6 Å². The molecule has 2 aromatic rings. The first-order valence-electron chi connectivity index (χ1n) is 6.37. The van der Waals surface area contributed by atoms with Gasteiger partial charge in [0.15, 0.2) is 5.82 Å². The minimum absolute atomic E-state index is 0.505. The van der Waals surface area contributed by atoms with Gasteiger partial charge in [0.25, 0.3) is 0 Å². The highest BCUT2D eigenvalue weighted by atomic mass is 79.9. The van der Waals surface area contributed by atoms with Crippen molar-refractivity contribution in [3.8, 4) is 11.4 Å². The van der Waals surface area contributed by atoms with Crippen molar-refractivity contribution in [3.63, 3.8) is 0 Å². The number of aromatic nitrogens is 2. The normalized spacial score (nSPS) is 14.7. The van der Waals surface area contributed by atoms with Crippen molar-refractivity contribution in [1.29, 1.82) is 0 Å². The molecule has 1 aromatic heterocycles. The second-order valence-corrected chi connectivity index (χ2v) is 6.26. The van der Waals surface area contributed by atoms with Gasteiger partial charge in [0.2, 0.25) is 0 Å². The summed E-state index contributed by atoms with van der Waals surface area (Å²) in [5.74, 6) is 1.26. The number of halogens is 2. The monoisotopic (exact) mass is 336 g/mol. The van der Waals surface area contributed by atoms with Crippen LogP contribution in [0.15, 0.2) is 22.7 Å². The largest absolute Gasteiger partial charge is 0.231 e. The first-order chi connectivity index (χ1) is 9.06. The standard InChI is InChI=1S/C15H14BrClN2/c1-8-3-4-11(7-9(8)2)15-18-13(10-5-6-10)12(16)14(17)19-15/h3-4,7,10H,5-6H2,1-2H3. The molecular weight excluding hydrogens is 324 g/mol. The molecule has 4 heteroatoms. The lowest BCUT2D eigenvalue weighted by molar-refractivity contribution is 0.979. The van der Waals surface area contributed by atoms with E-state index in [0.717, 1.165) is 21.6 Å². The average molecular weight is 338 g/mol. The molecule has 0 atom stereocenters. The van der Waals surface area contributed by atoms with Crippen molar-refractivity contribution in [2.24, 2.45) is 0 Å². The first kappa shape index (κ1) is 13.1. The summed E-state index contributed by atoms with van der Waals surface area (Å²) < 4.78 is 0.851. The van der Waals surface area contributed by atoms with Gasteiger partial charge in [-0.3, -0.25) is 0 Å². The van der Waals surface area contributed by atoms with Gasteiger partial charge in [0.1, 0.15) is 5.15 Å². The summed E-state index contributed by atoms with van der Waals surface area (Å²) in [5.41, 5.74) is 4.59. The van der Waals surface area contributed by atoms with Gasteiger partial charge in [-0.2, -0.15) is 0 Å². The summed E-state index contributed by atoms with van der Waals surface area (Å²) in [6.07, 6.45) is 2.39. The molecule has 0 N–H and O–H groups in total. The molecule has 1 aliphatic rings. The fraction of sp³-hybridized carbons (Fsp3) is 0.333. The molecule has 1 aliphatic carbocycles. The molecule has 1 aromatic carbocycles. The van der Waals surface area contributed by atoms with Gasteiger partial charge in [-0.05, 0) is 59.8 Å². The predicted octanol–water partition coefficient (Wildman–Crippen LogP) is 5.05. The lowest BCUT2D eigenvalue weighted by Crippen LogP contribution is -1.98. The van der Waals surface area contributed by atoms with E-state index in [1.807, 2.05) is 0 Å². The van der Waals surface area contributed by atoms with E-state index in [-0.39, 0.29) is 0 Å². The Hall–Kier alpha value is -0.930. The number of nitrogens with zero attached hydrogens (tertiary/aromatic N) is 2. The molecule has 2 nitrogen and oxygen atoms in total. The van der Waals surface area contributed by atoms with Crippen molar-refractivity contribution in [2.75, 3.05) is 0 Å². The van der Waals surface area contributed by atoms with Crippen LogP contribution in [0.2, 0.25) is 5.15 Å². The molecule has 19 heavy (non-hydrogen) atoms. The van der Waals surface area contributed by atoms with Crippen molar-refractivity contribution >= 4 is 27.5 Å². The van der Waals surface area contributed by atoms with Crippen LogP contribution in [0.5, 0.6) is 0 Å². The van der Waals surface area contributed by atoms with Crippen LogP contribution < -0.4 is 0 Å². The Bertz CT molecular complexity index is 651. The van der Waals surface area contributed by atoms with Gasteiger partial charge in [-0.25, -0.2) is 9.97 Å². The summed E-state index contributed by atoms with van der Waals surface area (Å²) in [6, 6.07) is 6.27. The quantitative estimate of drug-likeness (QED) is 0.716. The van der Waals surface area contributed by atoms with Crippen molar-refractivity contribution < 1.29 is 0 Å². The number of hydrogen-bond donors (Lipinski definition) is 0. The highest BCUT2D eigenvalue weighted by molar-refractivity contribution is 9.10. The Balaban J connectivity index is 2.11. The van der Waals surface area contributed by atoms with Gasteiger partial charge in [0.05, 0.1) is 10.2 Å². The fourth-order valence-electron chi connectivity index (χ4n) is 2.07. The maximum absolute atomic E-state index is 6.21. The highest BCUT2D eigenvalue weighted by Crippen LogP contribution is 2.44. The first-order valence-corrected chi connectivity index (χ1v) is 7.54. The topological polar surface area (TPSA) is 25.8 Å². The maximum atomic E-state index is 6.21. The van der Waals surface area contributed by atoms with Crippen LogP contribution in [-0.2, 0) is 0 Å². The second-order valence-electron chi connectivity index (χ2n) is 5.11. The lowest BCUT2D eigenvalue weighted by Gasteiger charge is -2.09. The van der Waals surface area contributed by atoms with Crippen molar-refractivity contribution in [1.82, 2.24) is 9.97 Å². The van der Waals surface area contributed by atoms with Crippen LogP contribution in [0.25, 0.3) is 11.4 Å². The van der Waals surface area contributed by atoms with Gasteiger partial charge in [-0.1, -0.05) is 23.7 Å². The number of hydrogen-bond acceptors (Lipinski definition) is 2. The summed E-state index contributed by atoms with van der Waals surface area (Å²) in [5, 5.41) is 0.505. The molecular formula is C15H14BrClN2. The third kappa shape index (κ3) is 2.54. The number of benzene rings is 1. The van der Waals surface area contributed by atoms with Crippen LogP contribution in [0, 0.1) is 13.8 Å². The Morgan fingerprint density at radius 3 is 2.53 bits per heavy atom. The minimum atomic E-state index is 0.505. The molecule has 1 heterocycles. The van der Waals surface area contributed by atoms with Crippen LogP contribution in [0.1, 0.15) is 35.6 Å². The highest BCUT2D eigenvalue weighted by Gasteiger charge is 2.29. The van der Waals surface area contributed by atoms with E-state index in [4.69, 9.17) is 16.6 Å². The van der Waals surface area contributed by atoms with E-state index in [1.165, 1.54) is 24.0 Å². The Morgan fingerprint density at radius 2 is 1.89 bits per heavy atom. The van der Waals surface area contributed by atoms with Crippen LogP contribution in [0.4, 0.5) is 0 Å². The molecule has 0 spiro atoms. The zero-order valence-corrected chi connectivity index (χ0v) is 13.2. The summed E-state index contributed by atoms with van der Waals surface area (Å²) in [4.78, 5) is 9.09. The molecule has 0 aliphatic heterocycles. The molecule has 3 rings (SSSR count). The van der Waals surface area contributed by atoms with Crippen LogP contribution in [0.3, 0.4) is 0 Å². The van der Waals surface area contributed by atoms with E-state index < -0.39 is 0 Å². The molecule has 0 saturated heterocycles. The van der Waals surface area contributed by atoms with E-state index in [2.05, 4.69) is 53.0 Å². The van der Waals surface area contributed by atoms with Crippen LogP contribution in [-0.4, -0.2) is 9.97 Å². The van der Waals surface area contributed by atoms with Gasteiger partial charge in [-0.15, -0.1) is 0 Å². The zero-order chi connectivity index (χ0) is 13.6. The van der Waals surface area contributed by atoms with E-state index in [1.54, 1.807) is 0 Å². The molecule has 0 bridgehead atoms. The SMILES string of the molecule is Cc1ccc(-c2nc(Cl)c(Br)c(C3CC3)n2)cc1C. The molecule has 0 amide bonds. The predicted molar refractivity (Wildman–Crippen MR) is 81.6 cm³/mol. The van der Waals surface area contributed by atoms with Crippen LogP contribution >= 0.6 is 27.5 Å². The van der Waals surface area contributed by atoms with E-state index in [0.29, 0.717) is 11.1 Å². The minimum Gasteiger partial charge on any atom is -0.231 e. The van der Waals surface area contributed by atoms with Gasteiger partial charge >= 0.3 is 0 Å². The Kier molecular flexibility index (Phi) is 3.35. The number of rotatable bonds is 2. The smallest absolute Gasteiger partial charge is 0.161 e. The van der Waals surface area contributed by atoms with Crippen molar-refractivity contribution in [2.45, 2.75) is 32.6 Å². The molecule has 1 fully saturated rings. The Labute approximate surface area is 126 Å². The van der Waals surface area contributed by atoms with Gasteiger partial charge in [0, 0.05) is 11.5 Å². The fourth-order valence-corrected chi connectivity index (χ4v) is 2.75. The summed E-state index contributed by atoms with van der Waals surface area (Å²) in [7, 11) is 0. The number of aryl methyl sites for hydroxylation is 2. The molecule has 98 valence electrons. The van der Waals surface area contributed by atoms with E-state index >= 15 is 0 Å². The maximum Gasteiger partial charge on any atom is 0.161 e. The molecule has 0 radical (unpaired) electrons. The van der Waals surface area contributed by atoms with Gasteiger partial charge < -0.3 is 0 Å². The summed E-state index contributed by atoms with van der Waals surface area (Å²) >= 11 is 9.71. The second kappa shape index (κ2) is 4.88. The lowest BCUT2D eigenvalue weighted by atomic mass is 10.1. The average Bonchev–Trinajstić information content (AvgIpc) is 3.20. The van der Waals surface area contributed by atoms with E-state index in [9.17, 15) is 0 Å². The molecule has 1 saturated carbocycles. The third-order valence-corrected chi connectivity index (χ3v) is 4.85. The third-order valence-electron chi connectivity index (χ3n) is 3.57.